The molecule has 0 heterocycles. The number of benzene rings is 1. The molecule has 1 aromatic carbocycles. The molecule has 0 aromatic heterocycles. The Balaban J connectivity index is 2.71. The molecule has 1 N–H and O–H groups in total. The van der Waals surface area contributed by atoms with Crippen LogP contribution in [0, 0.1) is 22.7 Å². The Morgan fingerprint density at radius 2 is 2.05 bits per heavy atom. The van der Waals surface area contributed by atoms with Crippen LogP contribution in [0.4, 0.5) is 0 Å². The quantitative estimate of drug-likeness (QED) is 0.771. The number of nitriles is 2. The Morgan fingerprint density at radius 1 is 1.30 bits per heavy atom. The molecule has 1 rings (SSSR count). The summed E-state index contributed by atoms with van der Waals surface area (Å²) in [5, 5.41) is 20.1. The van der Waals surface area contributed by atoms with Crippen molar-refractivity contribution in [3.63, 3.8) is 0 Å². The topological polar surface area (TPSA) is 78.1 Å². The number of nitrogens with one attached hydrogen (secondary N) is 1. The van der Waals surface area contributed by atoms with Gasteiger partial charge in [-0.05, 0) is 24.1 Å². The van der Waals surface area contributed by atoms with Crippen molar-refractivity contribution < 1.29 is 9.47 Å². The Morgan fingerprint density at radius 3 is 2.65 bits per heavy atom. The van der Waals surface area contributed by atoms with Gasteiger partial charge in [-0.3, -0.25) is 0 Å². The Labute approximate surface area is 119 Å². The molecule has 0 amide bonds. The molecule has 5 heteroatoms. The molecular weight excluding hydrogens is 254 g/mol. The normalized spacial score (nSPS) is 9.00. The molecule has 0 bridgehead atoms. The predicted octanol–water partition coefficient (Wildman–Crippen LogP) is 2.50. The van der Waals surface area contributed by atoms with Crippen LogP contribution in [0.5, 0.6) is 11.5 Å². The molecule has 0 aliphatic rings. The molecule has 1 aromatic rings. The summed E-state index contributed by atoms with van der Waals surface area (Å²) in [5.74, 6) is 1.38. The zero-order valence-corrected chi connectivity index (χ0v) is 11.6. The van der Waals surface area contributed by atoms with Crippen molar-refractivity contribution in [2.45, 2.75) is 19.9 Å². The molecule has 0 spiro atoms. The van der Waals surface area contributed by atoms with E-state index in [0.717, 1.165) is 12.0 Å². The maximum atomic E-state index is 8.61. The molecule has 0 atom stereocenters. The van der Waals surface area contributed by atoms with Gasteiger partial charge in [0.1, 0.15) is 17.7 Å². The van der Waals surface area contributed by atoms with E-state index in [4.69, 9.17) is 20.0 Å². The largest absolute Gasteiger partial charge is 0.493 e. The van der Waals surface area contributed by atoms with Crippen LogP contribution < -0.4 is 14.8 Å². The third-order valence-electron chi connectivity index (χ3n) is 2.48. The van der Waals surface area contributed by atoms with Gasteiger partial charge in [-0.15, -0.1) is 0 Å². The van der Waals surface area contributed by atoms with Gasteiger partial charge in [-0.25, -0.2) is 0 Å². The average molecular weight is 271 g/mol. The first-order valence-electron chi connectivity index (χ1n) is 6.28. The van der Waals surface area contributed by atoms with Crippen LogP contribution in [-0.4, -0.2) is 13.7 Å². The summed E-state index contributed by atoms with van der Waals surface area (Å²) in [4.78, 5) is 0. The Hall–Kier alpha value is -2.66. The van der Waals surface area contributed by atoms with Crippen LogP contribution in [0.15, 0.2) is 30.0 Å². The van der Waals surface area contributed by atoms with Crippen molar-refractivity contribution in [1.29, 1.82) is 10.5 Å². The summed E-state index contributed by atoms with van der Waals surface area (Å²) >= 11 is 0. The molecule has 20 heavy (non-hydrogen) atoms. The molecule has 0 saturated carbocycles. The van der Waals surface area contributed by atoms with E-state index in [1.165, 1.54) is 6.20 Å². The molecule has 5 nitrogen and oxygen atoms in total. The number of methoxy groups -OCH3 is 1. The number of ether oxygens (including phenoxy) is 2. The molecule has 0 aliphatic carbocycles. The Kier molecular flexibility index (Phi) is 6.50. The smallest absolute Gasteiger partial charge is 0.161 e. The fourth-order valence-electron chi connectivity index (χ4n) is 1.51. The Bertz CT molecular complexity index is 537. The average Bonchev–Trinajstić information content (AvgIpc) is 2.50. The second kappa shape index (κ2) is 8.44. The molecule has 104 valence electrons. The highest BCUT2D eigenvalue weighted by Gasteiger charge is 2.05. The molecule has 0 aliphatic heterocycles. The fourth-order valence-corrected chi connectivity index (χ4v) is 1.51. The summed E-state index contributed by atoms with van der Waals surface area (Å²) in [7, 11) is 1.59. The van der Waals surface area contributed by atoms with Crippen molar-refractivity contribution in [3.05, 3.63) is 35.5 Å². The van der Waals surface area contributed by atoms with Crippen LogP contribution in [0.1, 0.15) is 18.9 Å². The van der Waals surface area contributed by atoms with E-state index in [1.54, 1.807) is 19.2 Å². The van der Waals surface area contributed by atoms with E-state index in [0.29, 0.717) is 24.7 Å². The first-order valence-corrected chi connectivity index (χ1v) is 6.28. The summed E-state index contributed by atoms with van der Waals surface area (Å²) in [6, 6.07) is 9.20. The van der Waals surface area contributed by atoms with E-state index in [2.05, 4.69) is 5.32 Å². The van der Waals surface area contributed by atoms with Gasteiger partial charge < -0.3 is 14.8 Å². The van der Waals surface area contributed by atoms with Crippen molar-refractivity contribution >= 4 is 0 Å². The predicted molar refractivity (Wildman–Crippen MR) is 74.9 cm³/mol. The van der Waals surface area contributed by atoms with Crippen molar-refractivity contribution in [2.75, 3.05) is 13.7 Å². The lowest BCUT2D eigenvalue weighted by Gasteiger charge is -2.11. The highest BCUT2D eigenvalue weighted by atomic mass is 16.5. The van der Waals surface area contributed by atoms with E-state index < -0.39 is 0 Å². The summed E-state index contributed by atoms with van der Waals surface area (Å²) in [5.41, 5.74) is 1.01. The van der Waals surface area contributed by atoms with Crippen LogP contribution in [-0.2, 0) is 6.54 Å². The molecular formula is C15H17N3O2. The van der Waals surface area contributed by atoms with Crippen LogP contribution in [0.25, 0.3) is 0 Å². The fraction of sp³-hybridized carbons (Fsp3) is 0.333. The molecule has 0 fully saturated rings. The van der Waals surface area contributed by atoms with Gasteiger partial charge >= 0.3 is 0 Å². The maximum absolute atomic E-state index is 8.61. The molecule has 0 unspecified atom stereocenters. The van der Waals surface area contributed by atoms with Gasteiger partial charge in [0.15, 0.2) is 11.5 Å². The SMILES string of the molecule is CCCOc1ccc(CNC=C(C#N)C#N)cc1OC. The summed E-state index contributed by atoms with van der Waals surface area (Å²) < 4.78 is 10.8. The second-order valence-corrected chi connectivity index (χ2v) is 4.00. The lowest BCUT2D eigenvalue weighted by molar-refractivity contribution is 0.294. The number of allylic oxidation sites excluding steroid dienone is 1. The lowest BCUT2D eigenvalue weighted by Crippen LogP contribution is -2.06. The first kappa shape index (κ1) is 15.4. The third-order valence-corrected chi connectivity index (χ3v) is 2.48. The van der Waals surface area contributed by atoms with E-state index in [1.807, 2.05) is 25.1 Å². The number of rotatable bonds is 7. The highest BCUT2D eigenvalue weighted by Crippen LogP contribution is 2.28. The summed E-state index contributed by atoms with van der Waals surface area (Å²) in [6.45, 7) is 3.18. The standard InChI is InChI=1S/C15H17N3O2/c1-3-6-20-14-5-4-12(7-15(14)19-2)10-18-11-13(8-16)9-17/h4-5,7,11,18H,3,6,10H2,1-2H3. The van der Waals surface area contributed by atoms with Gasteiger partial charge in [-0.1, -0.05) is 13.0 Å². The van der Waals surface area contributed by atoms with E-state index in [-0.39, 0.29) is 5.57 Å². The van der Waals surface area contributed by atoms with Gasteiger partial charge in [0, 0.05) is 12.7 Å². The lowest BCUT2D eigenvalue weighted by atomic mass is 10.2. The zero-order chi connectivity index (χ0) is 14.8. The first-order chi connectivity index (χ1) is 9.74. The minimum atomic E-state index is 0.0415. The van der Waals surface area contributed by atoms with Crippen LogP contribution in [0.3, 0.4) is 0 Å². The number of hydrogen-bond acceptors (Lipinski definition) is 5. The number of hydrogen-bond donors (Lipinski definition) is 1. The van der Waals surface area contributed by atoms with Gasteiger partial charge in [-0.2, -0.15) is 10.5 Å². The molecule has 0 saturated heterocycles. The monoisotopic (exact) mass is 271 g/mol. The van der Waals surface area contributed by atoms with Crippen LogP contribution in [0.2, 0.25) is 0 Å². The van der Waals surface area contributed by atoms with Gasteiger partial charge in [0.05, 0.1) is 13.7 Å². The number of nitrogens with zero attached hydrogens (tertiary/aromatic N) is 2. The van der Waals surface area contributed by atoms with E-state index >= 15 is 0 Å². The minimum absolute atomic E-state index is 0.0415. The van der Waals surface area contributed by atoms with Crippen molar-refractivity contribution in [2.24, 2.45) is 0 Å². The third kappa shape index (κ3) is 4.55. The highest BCUT2D eigenvalue weighted by molar-refractivity contribution is 5.43. The molecule has 0 radical (unpaired) electrons. The van der Waals surface area contributed by atoms with Crippen molar-refractivity contribution in [3.8, 4) is 23.6 Å². The summed E-state index contributed by atoms with van der Waals surface area (Å²) in [6.07, 6.45) is 2.33. The van der Waals surface area contributed by atoms with E-state index in [9.17, 15) is 0 Å². The van der Waals surface area contributed by atoms with Gasteiger partial charge in [0.25, 0.3) is 0 Å². The van der Waals surface area contributed by atoms with Crippen LogP contribution >= 0.6 is 0 Å². The minimum Gasteiger partial charge on any atom is -0.493 e. The zero-order valence-electron chi connectivity index (χ0n) is 11.6. The van der Waals surface area contributed by atoms with Gasteiger partial charge in [0.2, 0.25) is 0 Å². The van der Waals surface area contributed by atoms with Crippen molar-refractivity contribution in [1.82, 2.24) is 5.32 Å². The maximum Gasteiger partial charge on any atom is 0.161 e. The second-order valence-electron chi connectivity index (χ2n) is 4.00.